The van der Waals surface area contributed by atoms with Crippen molar-refractivity contribution in [3.63, 3.8) is 0 Å². The van der Waals surface area contributed by atoms with Gasteiger partial charge in [0.15, 0.2) is 0 Å². The summed E-state index contributed by atoms with van der Waals surface area (Å²) in [5.74, 6) is 0.310. The first-order valence-corrected chi connectivity index (χ1v) is 11.6. The minimum Gasteiger partial charge on any atom is -0.444 e. The second kappa shape index (κ2) is 9.58. The standard InChI is InChI=1S/C23H34F3N5O3/c1-15(2)22(7-6-16(13-22)29-20(33)34-21(3,4)5)19(32)31-10-8-30(9-11-31)18-12-17(23(24,25)26)27-14-28-18/h12,14-16H,6-11,13H2,1-5H3,(H,29,33)/t16-,22+/m1/s1. The van der Waals surface area contributed by atoms with Gasteiger partial charge in [0.1, 0.15) is 23.4 Å². The van der Waals surface area contributed by atoms with Crippen molar-refractivity contribution >= 4 is 17.8 Å². The lowest BCUT2D eigenvalue weighted by Crippen LogP contribution is -2.54. The van der Waals surface area contributed by atoms with Crippen LogP contribution in [-0.2, 0) is 15.7 Å². The van der Waals surface area contributed by atoms with Gasteiger partial charge in [0, 0.05) is 38.3 Å². The van der Waals surface area contributed by atoms with Crippen LogP contribution in [0.15, 0.2) is 12.4 Å². The number of carbonyl (C=O) groups excluding carboxylic acids is 2. The van der Waals surface area contributed by atoms with Crippen LogP contribution in [0.4, 0.5) is 23.8 Å². The predicted molar refractivity (Wildman–Crippen MR) is 120 cm³/mol. The highest BCUT2D eigenvalue weighted by molar-refractivity contribution is 5.84. The Morgan fingerprint density at radius 2 is 1.79 bits per heavy atom. The first-order valence-electron chi connectivity index (χ1n) is 11.6. The molecule has 2 atom stereocenters. The Kier molecular flexibility index (Phi) is 7.33. The molecule has 0 radical (unpaired) electrons. The Morgan fingerprint density at radius 1 is 1.15 bits per heavy atom. The Labute approximate surface area is 198 Å². The molecule has 0 unspecified atom stereocenters. The molecule has 1 aromatic heterocycles. The van der Waals surface area contributed by atoms with Crippen molar-refractivity contribution in [3.8, 4) is 0 Å². The van der Waals surface area contributed by atoms with E-state index in [1.165, 1.54) is 0 Å². The zero-order chi connectivity index (χ0) is 25.3. The van der Waals surface area contributed by atoms with Crippen molar-refractivity contribution in [1.29, 1.82) is 0 Å². The van der Waals surface area contributed by atoms with Crippen LogP contribution in [0.1, 0.15) is 59.6 Å². The highest BCUT2D eigenvalue weighted by atomic mass is 19.4. The van der Waals surface area contributed by atoms with E-state index >= 15 is 0 Å². The molecule has 1 saturated heterocycles. The Hall–Kier alpha value is -2.59. The molecule has 2 heterocycles. The Bertz CT molecular complexity index is 895. The van der Waals surface area contributed by atoms with E-state index in [0.717, 1.165) is 12.4 Å². The van der Waals surface area contributed by atoms with Crippen molar-refractivity contribution in [2.45, 2.75) is 71.7 Å². The van der Waals surface area contributed by atoms with Crippen LogP contribution in [0, 0.1) is 11.3 Å². The van der Waals surface area contributed by atoms with Crippen LogP contribution in [0.3, 0.4) is 0 Å². The van der Waals surface area contributed by atoms with Gasteiger partial charge in [-0.3, -0.25) is 4.79 Å². The van der Waals surface area contributed by atoms with E-state index in [1.807, 2.05) is 13.8 Å². The van der Waals surface area contributed by atoms with Crippen molar-refractivity contribution in [1.82, 2.24) is 20.2 Å². The Balaban J connectivity index is 1.63. The van der Waals surface area contributed by atoms with Gasteiger partial charge >= 0.3 is 12.3 Å². The number of hydrogen-bond donors (Lipinski definition) is 1. The molecule has 1 saturated carbocycles. The number of amides is 2. The largest absolute Gasteiger partial charge is 0.444 e. The lowest BCUT2D eigenvalue weighted by molar-refractivity contribution is -0.145. The maximum atomic E-state index is 13.6. The van der Waals surface area contributed by atoms with E-state index in [-0.39, 0.29) is 23.7 Å². The molecule has 0 bridgehead atoms. The molecule has 34 heavy (non-hydrogen) atoms. The average Bonchev–Trinajstić information content (AvgIpc) is 3.16. The molecule has 3 rings (SSSR count). The normalized spacial score (nSPS) is 23.9. The summed E-state index contributed by atoms with van der Waals surface area (Å²) >= 11 is 0. The molecule has 1 aromatic rings. The maximum absolute atomic E-state index is 13.6. The number of alkyl halides is 3. The van der Waals surface area contributed by atoms with Gasteiger partial charge in [0.25, 0.3) is 0 Å². The number of carbonyl (C=O) groups is 2. The van der Waals surface area contributed by atoms with E-state index in [1.54, 1.807) is 30.6 Å². The zero-order valence-electron chi connectivity index (χ0n) is 20.4. The molecular weight excluding hydrogens is 451 g/mol. The van der Waals surface area contributed by atoms with Gasteiger partial charge in [-0.05, 0) is 46.0 Å². The zero-order valence-corrected chi connectivity index (χ0v) is 20.4. The molecule has 190 valence electrons. The van der Waals surface area contributed by atoms with E-state index in [2.05, 4.69) is 15.3 Å². The summed E-state index contributed by atoms with van der Waals surface area (Å²) in [6.07, 6.45) is -2.23. The number of anilines is 1. The number of nitrogens with zero attached hydrogens (tertiary/aromatic N) is 4. The fourth-order valence-corrected chi connectivity index (χ4v) is 4.77. The first-order chi connectivity index (χ1) is 15.7. The SMILES string of the molecule is CC(C)[C@]1(C(=O)N2CCN(c3cc(C(F)(F)F)ncn3)CC2)CC[C@@H](NC(=O)OC(C)(C)C)C1. The molecule has 1 N–H and O–H groups in total. The number of piperazine rings is 1. The summed E-state index contributed by atoms with van der Waals surface area (Å²) in [6.45, 7) is 11.0. The van der Waals surface area contributed by atoms with Crippen molar-refractivity contribution in [3.05, 3.63) is 18.1 Å². The monoisotopic (exact) mass is 485 g/mol. The highest BCUT2D eigenvalue weighted by Gasteiger charge is 2.50. The van der Waals surface area contributed by atoms with Crippen LogP contribution in [0.25, 0.3) is 0 Å². The van der Waals surface area contributed by atoms with Gasteiger partial charge in [-0.2, -0.15) is 13.2 Å². The van der Waals surface area contributed by atoms with E-state index < -0.39 is 29.0 Å². The molecule has 2 amide bonds. The van der Waals surface area contributed by atoms with Gasteiger partial charge in [0.05, 0.1) is 5.41 Å². The lowest BCUT2D eigenvalue weighted by atomic mass is 9.74. The number of halogens is 3. The second-order valence-electron chi connectivity index (χ2n) is 10.4. The highest BCUT2D eigenvalue weighted by Crippen LogP contribution is 2.46. The minimum atomic E-state index is -4.54. The van der Waals surface area contributed by atoms with Gasteiger partial charge in [-0.1, -0.05) is 13.8 Å². The fourth-order valence-electron chi connectivity index (χ4n) is 4.77. The maximum Gasteiger partial charge on any atom is 0.433 e. The smallest absolute Gasteiger partial charge is 0.433 e. The number of nitrogens with one attached hydrogen (secondary N) is 1. The molecule has 2 aliphatic rings. The summed E-state index contributed by atoms with van der Waals surface area (Å²) in [5, 5.41) is 2.90. The third-order valence-corrected chi connectivity index (χ3v) is 6.64. The van der Waals surface area contributed by atoms with Gasteiger partial charge in [-0.15, -0.1) is 0 Å². The predicted octanol–water partition coefficient (Wildman–Crippen LogP) is 3.86. The van der Waals surface area contributed by atoms with Crippen molar-refractivity contribution in [2.24, 2.45) is 11.3 Å². The number of ether oxygens (including phenoxy) is 1. The van der Waals surface area contributed by atoms with E-state index in [0.29, 0.717) is 45.4 Å². The summed E-state index contributed by atoms with van der Waals surface area (Å²) in [6, 6.07) is 0.793. The molecule has 8 nitrogen and oxygen atoms in total. The number of hydrogen-bond acceptors (Lipinski definition) is 6. The van der Waals surface area contributed by atoms with E-state index in [9.17, 15) is 22.8 Å². The van der Waals surface area contributed by atoms with Gasteiger partial charge in [-0.25, -0.2) is 14.8 Å². The molecule has 0 spiro atoms. The topological polar surface area (TPSA) is 87.7 Å². The molecule has 1 aliphatic carbocycles. The van der Waals surface area contributed by atoms with Gasteiger partial charge in [0.2, 0.25) is 5.91 Å². The first kappa shape index (κ1) is 26.0. The van der Waals surface area contributed by atoms with Crippen LogP contribution in [0.2, 0.25) is 0 Å². The van der Waals surface area contributed by atoms with Crippen molar-refractivity contribution in [2.75, 3.05) is 31.1 Å². The molecule has 1 aliphatic heterocycles. The fraction of sp³-hybridized carbons (Fsp3) is 0.739. The molecule has 2 fully saturated rings. The number of rotatable bonds is 4. The summed E-state index contributed by atoms with van der Waals surface area (Å²) in [7, 11) is 0. The average molecular weight is 486 g/mol. The molecule has 0 aromatic carbocycles. The number of alkyl carbamates (subject to hydrolysis) is 1. The van der Waals surface area contributed by atoms with Crippen LogP contribution < -0.4 is 10.2 Å². The third-order valence-electron chi connectivity index (χ3n) is 6.64. The van der Waals surface area contributed by atoms with Gasteiger partial charge < -0.3 is 19.9 Å². The van der Waals surface area contributed by atoms with Crippen LogP contribution in [-0.4, -0.2) is 64.7 Å². The van der Waals surface area contributed by atoms with Crippen LogP contribution in [0.5, 0.6) is 0 Å². The molecular formula is C23H34F3N5O3. The second-order valence-corrected chi connectivity index (χ2v) is 10.4. The Morgan fingerprint density at radius 3 is 2.35 bits per heavy atom. The number of aromatic nitrogens is 2. The summed E-state index contributed by atoms with van der Waals surface area (Å²) < 4.78 is 44.3. The lowest BCUT2D eigenvalue weighted by Gasteiger charge is -2.42. The summed E-state index contributed by atoms with van der Waals surface area (Å²) in [4.78, 5) is 36.7. The molecule has 11 heteroatoms. The summed E-state index contributed by atoms with van der Waals surface area (Å²) in [5.41, 5.74) is -2.18. The third kappa shape index (κ3) is 5.90. The van der Waals surface area contributed by atoms with E-state index in [4.69, 9.17) is 4.74 Å². The quantitative estimate of drug-likeness (QED) is 0.697. The van der Waals surface area contributed by atoms with Crippen molar-refractivity contribution < 1.29 is 27.5 Å². The minimum absolute atomic E-state index is 0.0364. The van der Waals surface area contributed by atoms with Crippen LogP contribution >= 0.6 is 0 Å².